The summed E-state index contributed by atoms with van der Waals surface area (Å²) in [6.07, 6.45) is -1.09. The molecule has 0 saturated heterocycles. The van der Waals surface area contributed by atoms with Crippen LogP contribution in [0, 0.1) is 0 Å². The smallest absolute Gasteiger partial charge is 0.137 e. The molecule has 0 aliphatic rings. The van der Waals surface area contributed by atoms with Crippen molar-refractivity contribution < 1.29 is 9.13 Å². The lowest BCUT2D eigenvalue weighted by atomic mass is 10.0. The van der Waals surface area contributed by atoms with Crippen LogP contribution in [0.15, 0.2) is 36.4 Å². The largest absolute Gasteiger partial charge is 0.497 e. The van der Waals surface area contributed by atoms with E-state index in [-0.39, 0.29) is 6.54 Å². The molecule has 2 aromatic rings. The molecule has 0 spiro atoms. The maximum Gasteiger partial charge on any atom is 0.137 e. The lowest BCUT2D eigenvalue weighted by Gasteiger charge is -2.08. The third-order valence-corrected chi connectivity index (χ3v) is 2.64. The van der Waals surface area contributed by atoms with Crippen LogP contribution in [0.1, 0.15) is 11.7 Å². The minimum Gasteiger partial charge on any atom is -0.497 e. The number of rotatable bonds is 3. The van der Waals surface area contributed by atoms with E-state index in [1.807, 2.05) is 30.3 Å². The topological polar surface area (TPSA) is 35.2 Å². The van der Waals surface area contributed by atoms with Crippen LogP contribution in [0.5, 0.6) is 5.75 Å². The van der Waals surface area contributed by atoms with E-state index in [0.717, 1.165) is 16.5 Å². The number of fused-ring (bicyclic) bond motifs is 1. The maximum absolute atomic E-state index is 13.4. The molecule has 1 unspecified atom stereocenters. The summed E-state index contributed by atoms with van der Waals surface area (Å²) in [4.78, 5) is 0. The first-order valence-corrected chi connectivity index (χ1v) is 5.16. The van der Waals surface area contributed by atoms with Crippen LogP contribution in [0.3, 0.4) is 0 Å². The molecule has 0 saturated carbocycles. The normalized spacial score (nSPS) is 12.7. The number of nitrogens with two attached hydrogens (primary N) is 1. The quantitative estimate of drug-likeness (QED) is 0.861. The predicted molar refractivity (Wildman–Crippen MR) is 63.4 cm³/mol. The van der Waals surface area contributed by atoms with E-state index in [9.17, 15) is 4.39 Å². The van der Waals surface area contributed by atoms with Gasteiger partial charge in [0, 0.05) is 6.54 Å². The minimum atomic E-state index is -1.09. The van der Waals surface area contributed by atoms with Crippen molar-refractivity contribution in [1.29, 1.82) is 0 Å². The summed E-state index contributed by atoms with van der Waals surface area (Å²) in [6.45, 7) is 0.0155. The molecule has 0 aliphatic carbocycles. The third-order valence-electron chi connectivity index (χ3n) is 2.64. The Labute approximate surface area is 93.8 Å². The molecular formula is C13H14FNO. The van der Waals surface area contributed by atoms with Gasteiger partial charge in [0.25, 0.3) is 0 Å². The zero-order valence-corrected chi connectivity index (χ0v) is 9.11. The Morgan fingerprint density at radius 1 is 1.19 bits per heavy atom. The van der Waals surface area contributed by atoms with Crippen LogP contribution in [0.25, 0.3) is 10.8 Å². The highest BCUT2D eigenvalue weighted by Crippen LogP contribution is 2.25. The van der Waals surface area contributed by atoms with E-state index < -0.39 is 6.17 Å². The number of hydrogen-bond acceptors (Lipinski definition) is 2. The van der Waals surface area contributed by atoms with Crippen molar-refractivity contribution in [2.45, 2.75) is 6.17 Å². The monoisotopic (exact) mass is 219 g/mol. The Morgan fingerprint density at radius 3 is 2.56 bits per heavy atom. The fourth-order valence-corrected chi connectivity index (χ4v) is 1.70. The number of hydrogen-bond donors (Lipinski definition) is 1. The van der Waals surface area contributed by atoms with Gasteiger partial charge in [-0.3, -0.25) is 0 Å². The van der Waals surface area contributed by atoms with Crippen molar-refractivity contribution >= 4 is 10.8 Å². The molecule has 0 radical (unpaired) electrons. The molecule has 2 rings (SSSR count). The van der Waals surface area contributed by atoms with Crippen LogP contribution in [-0.2, 0) is 0 Å². The molecule has 0 aliphatic heterocycles. The van der Waals surface area contributed by atoms with Crippen molar-refractivity contribution in [3.05, 3.63) is 42.0 Å². The van der Waals surface area contributed by atoms with E-state index >= 15 is 0 Å². The van der Waals surface area contributed by atoms with Gasteiger partial charge in [0.2, 0.25) is 0 Å². The lowest BCUT2D eigenvalue weighted by molar-refractivity contribution is 0.353. The van der Waals surface area contributed by atoms with E-state index in [4.69, 9.17) is 10.5 Å². The van der Waals surface area contributed by atoms with E-state index in [0.29, 0.717) is 5.56 Å². The molecule has 2 N–H and O–H groups in total. The SMILES string of the molecule is COc1ccc2cc(C(F)CN)ccc2c1. The van der Waals surface area contributed by atoms with Crippen LogP contribution in [-0.4, -0.2) is 13.7 Å². The van der Waals surface area contributed by atoms with Gasteiger partial charge in [0.05, 0.1) is 7.11 Å². The highest BCUT2D eigenvalue weighted by atomic mass is 19.1. The molecule has 16 heavy (non-hydrogen) atoms. The molecule has 0 aromatic heterocycles. The van der Waals surface area contributed by atoms with Gasteiger partial charge in [-0.15, -0.1) is 0 Å². The highest BCUT2D eigenvalue weighted by molar-refractivity contribution is 5.84. The number of ether oxygens (including phenoxy) is 1. The van der Waals surface area contributed by atoms with Gasteiger partial charge in [-0.05, 0) is 34.5 Å². The van der Waals surface area contributed by atoms with Gasteiger partial charge < -0.3 is 10.5 Å². The zero-order valence-electron chi connectivity index (χ0n) is 9.11. The summed E-state index contributed by atoms with van der Waals surface area (Å²) < 4.78 is 18.5. The van der Waals surface area contributed by atoms with Crippen LogP contribution in [0.4, 0.5) is 4.39 Å². The average molecular weight is 219 g/mol. The van der Waals surface area contributed by atoms with Crippen molar-refractivity contribution in [3.63, 3.8) is 0 Å². The highest BCUT2D eigenvalue weighted by Gasteiger charge is 2.07. The second-order valence-corrected chi connectivity index (χ2v) is 3.68. The van der Waals surface area contributed by atoms with Gasteiger partial charge in [-0.2, -0.15) is 0 Å². The zero-order chi connectivity index (χ0) is 11.5. The van der Waals surface area contributed by atoms with Crippen LogP contribution in [0.2, 0.25) is 0 Å². The standard InChI is InChI=1S/C13H14FNO/c1-16-12-5-4-9-6-11(13(14)8-15)3-2-10(9)7-12/h2-7,13H,8,15H2,1H3. The first-order valence-electron chi connectivity index (χ1n) is 5.16. The Bertz CT molecular complexity index is 498. The molecular weight excluding hydrogens is 205 g/mol. The summed E-state index contributed by atoms with van der Waals surface area (Å²) in [6, 6.07) is 11.2. The van der Waals surface area contributed by atoms with Crippen LogP contribution >= 0.6 is 0 Å². The van der Waals surface area contributed by atoms with Crippen molar-refractivity contribution in [2.75, 3.05) is 13.7 Å². The fraction of sp³-hybridized carbons (Fsp3) is 0.231. The van der Waals surface area contributed by atoms with Crippen molar-refractivity contribution in [2.24, 2.45) is 5.73 Å². The lowest BCUT2D eigenvalue weighted by Crippen LogP contribution is -2.07. The maximum atomic E-state index is 13.4. The van der Waals surface area contributed by atoms with Gasteiger partial charge in [0.15, 0.2) is 0 Å². The number of halogens is 1. The van der Waals surface area contributed by atoms with Gasteiger partial charge in [0.1, 0.15) is 11.9 Å². The first-order chi connectivity index (χ1) is 7.74. The average Bonchev–Trinajstić information content (AvgIpc) is 2.36. The number of methoxy groups -OCH3 is 1. The Hall–Kier alpha value is -1.61. The molecule has 3 heteroatoms. The molecule has 1 atom stereocenters. The van der Waals surface area contributed by atoms with Gasteiger partial charge in [-0.1, -0.05) is 18.2 Å². The molecule has 0 amide bonds. The molecule has 0 bridgehead atoms. The third kappa shape index (κ3) is 1.99. The molecule has 84 valence electrons. The van der Waals surface area contributed by atoms with E-state index in [2.05, 4.69) is 0 Å². The first kappa shape index (κ1) is 10.9. The predicted octanol–water partition coefficient (Wildman–Crippen LogP) is 2.82. The Balaban J connectivity index is 2.47. The Kier molecular flexibility index (Phi) is 3.06. The second kappa shape index (κ2) is 4.49. The van der Waals surface area contributed by atoms with Crippen molar-refractivity contribution in [3.8, 4) is 5.75 Å². The van der Waals surface area contributed by atoms with E-state index in [1.54, 1.807) is 13.2 Å². The minimum absolute atomic E-state index is 0.0155. The summed E-state index contributed by atoms with van der Waals surface area (Å²) in [5, 5.41) is 2.03. The molecule has 2 nitrogen and oxygen atoms in total. The Morgan fingerprint density at radius 2 is 1.88 bits per heavy atom. The summed E-state index contributed by atoms with van der Waals surface area (Å²) in [7, 11) is 1.63. The second-order valence-electron chi connectivity index (χ2n) is 3.68. The molecule has 0 heterocycles. The number of alkyl halides is 1. The van der Waals surface area contributed by atoms with Gasteiger partial charge in [-0.25, -0.2) is 4.39 Å². The molecule has 0 fully saturated rings. The van der Waals surface area contributed by atoms with Crippen molar-refractivity contribution in [1.82, 2.24) is 0 Å². The van der Waals surface area contributed by atoms with Crippen LogP contribution < -0.4 is 10.5 Å². The summed E-state index contributed by atoms with van der Waals surface area (Å²) in [5.41, 5.74) is 5.92. The van der Waals surface area contributed by atoms with E-state index in [1.165, 1.54) is 0 Å². The van der Waals surface area contributed by atoms with Gasteiger partial charge >= 0.3 is 0 Å². The molecule has 2 aromatic carbocycles. The summed E-state index contributed by atoms with van der Waals surface area (Å²) in [5.74, 6) is 0.802. The summed E-state index contributed by atoms with van der Waals surface area (Å²) >= 11 is 0. The fourth-order valence-electron chi connectivity index (χ4n) is 1.70. The number of benzene rings is 2.